The Labute approximate surface area is 130 Å². The molecule has 0 radical (unpaired) electrons. The molecule has 1 saturated carbocycles. The van der Waals surface area contributed by atoms with E-state index in [-0.39, 0.29) is 5.66 Å². The van der Waals surface area contributed by atoms with Crippen LogP contribution in [0.5, 0.6) is 0 Å². The SMILES string of the molecule is CC1CCCC2(C1)NC(=S)c1c(sc3c1CCCC3)N2. The van der Waals surface area contributed by atoms with Crippen molar-refractivity contribution in [2.24, 2.45) is 5.92 Å². The standard InChI is InChI=1S/C16H22N2S2/c1-10-5-4-8-16(9-10)17-14(19)13-11-6-2-3-7-12(11)20-15(13)18-16/h10,18H,2-9H2,1H3,(H,17,19). The molecule has 2 atom stereocenters. The number of aryl methyl sites for hydroxylation is 1. The maximum absolute atomic E-state index is 5.75. The fourth-order valence-corrected chi connectivity index (χ4v) is 6.08. The largest absolute Gasteiger partial charge is 0.354 e. The maximum atomic E-state index is 5.75. The summed E-state index contributed by atoms with van der Waals surface area (Å²) in [5, 5.41) is 8.89. The molecule has 2 N–H and O–H groups in total. The van der Waals surface area contributed by atoms with Crippen LogP contribution in [0.15, 0.2) is 0 Å². The number of rotatable bonds is 0. The van der Waals surface area contributed by atoms with Gasteiger partial charge in [0, 0.05) is 10.4 Å². The van der Waals surface area contributed by atoms with Crippen molar-refractivity contribution in [1.29, 1.82) is 0 Å². The van der Waals surface area contributed by atoms with Gasteiger partial charge in [-0.15, -0.1) is 11.3 Å². The van der Waals surface area contributed by atoms with Crippen molar-refractivity contribution in [2.75, 3.05) is 5.32 Å². The summed E-state index contributed by atoms with van der Waals surface area (Å²) < 4.78 is 0. The zero-order valence-electron chi connectivity index (χ0n) is 12.1. The third-order valence-electron chi connectivity index (χ3n) is 5.10. The molecule has 2 heterocycles. The van der Waals surface area contributed by atoms with E-state index in [1.54, 1.807) is 10.4 Å². The fraction of sp³-hybridized carbons (Fsp3) is 0.688. The van der Waals surface area contributed by atoms with Crippen LogP contribution in [0.3, 0.4) is 0 Å². The Hall–Kier alpha value is -0.610. The van der Waals surface area contributed by atoms with Gasteiger partial charge in [-0.2, -0.15) is 0 Å². The number of anilines is 1. The minimum atomic E-state index is 0.0369. The smallest absolute Gasteiger partial charge is 0.111 e. The average molecular weight is 307 g/mol. The van der Waals surface area contributed by atoms with Gasteiger partial charge in [0.1, 0.15) is 15.7 Å². The molecular weight excluding hydrogens is 284 g/mol. The predicted molar refractivity (Wildman–Crippen MR) is 89.8 cm³/mol. The molecule has 0 saturated heterocycles. The van der Waals surface area contributed by atoms with Crippen LogP contribution in [0.2, 0.25) is 0 Å². The van der Waals surface area contributed by atoms with Crippen LogP contribution in [0, 0.1) is 5.92 Å². The summed E-state index contributed by atoms with van der Waals surface area (Å²) in [6, 6.07) is 0. The molecule has 0 aromatic carbocycles. The Bertz CT molecular complexity index is 563. The zero-order valence-corrected chi connectivity index (χ0v) is 13.7. The topological polar surface area (TPSA) is 24.1 Å². The summed E-state index contributed by atoms with van der Waals surface area (Å²) in [5.74, 6) is 0.780. The molecule has 1 aromatic heterocycles. The van der Waals surface area contributed by atoms with Gasteiger partial charge in [-0.25, -0.2) is 0 Å². The van der Waals surface area contributed by atoms with E-state index in [9.17, 15) is 0 Å². The molecule has 2 unspecified atom stereocenters. The molecule has 1 aromatic rings. The Balaban J connectivity index is 1.72. The predicted octanol–water partition coefficient (Wildman–Crippen LogP) is 4.22. The van der Waals surface area contributed by atoms with Crippen molar-refractivity contribution >= 4 is 33.5 Å². The summed E-state index contributed by atoms with van der Waals surface area (Å²) in [6.45, 7) is 2.36. The molecular formula is C16H22N2S2. The van der Waals surface area contributed by atoms with Crippen molar-refractivity contribution in [3.8, 4) is 0 Å². The first kappa shape index (κ1) is 13.1. The average Bonchev–Trinajstić information content (AvgIpc) is 2.76. The van der Waals surface area contributed by atoms with Crippen LogP contribution in [0.25, 0.3) is 0 Å². The second-order valence-corrected chi connectivity index (χ2v) is 8.29. The molecule has 2 aliphatic carbocycles. The van der Waals surface area contributed by atoms with Crippen molar-refractivity contribution in [3.05, 3.63) is 16.0 Å². The number of fused-ring (bicyclic) bond motifs is 3. The van der Waals surface area contributed by atoms with Gasteiger partial charge >= 0.3 is 0 Å². The van der Waals surface area contributed by atoms with Gasteiger partial charge in [0.15, 0.2) is 0 Å². The van der Waals surface area contributed by atoms with Gasteiger partial charge in [0.2, 0.25) is 0 Å². The molecule has 4 heteroatoms. The van der Waals surface area contributed by atoms with Gasteiger partial charge < -0.3 is 10.6 Å². The van der Waals surface area contributed by atoms with Gasteiger partial charge in [-0.1, -0.05) is 25.6 Å². The number of hydrogen-bond donors (Lipinski definition) is 2. The Kier molecular flexibility index (Phi) is 3.08. The number of thiocarbonyl (C=S) groups is 1. The summed E-state index contributed by atoms with van der Waals surface area (Å²) >= 11 is 7.72. The lowest BCUT2D eigenvalue weighted by atomic mass is 9.81. The first-order chi connectivity index (χ1) is 9.67. The molecule has 4 rings (SSSR count). The van der Waals surface area contributed by atoms with Crippen LogP contribution in [-0.2, 0) is 12.8 Å². The van der Waals surface area contributed by atoms with Crippen molar-refractivity contribution in [2.45, 2.75) is 64.0 Å². The third-order valence-corrected chi connectivity index (χ3v) is 6.61. The van der Waals surface area contributed by atoms with E-state index in [0.29, 0.717) is 0 Å². The lowest BCUT2D eigenvalue weighted by Gasteiger charge is -2.45. The highest BCUT2D eigenvalue weighted by atomic mass is 32.1. The molecule has 1 spiro atoms. The normalized spacial score (nSPS) is 32.2. The van der Waals surface area contributed by atoms with E-state index in [1.165, 1.54) is 61.9 Å². The fourth-order valence-electron chi connectivity index (χ4n) is 4.20. The maximum Gasteiger partial charge on any atom is 0.111 e. The van der Waals surface area contributed by atoms with E-state index >= 15 is 0 Å². The molecule has 1 aliphatic heterocycles. The second kappa shape index (κ2) is 4.70. The zero-order chi connectivity index (χ0) is 13.7. The lowest BCUT2D eigenvalue weighted by Crippen LogP contribution is -2.59. The van der Waals surface area contributed by atoms with Crippen molar-refractivity contribution in [1.82, 2.24) is 5.32 Å². The van der Waals surface area contributed by atoms with E-state index in [4.69, 9.17) is 12.2 Å². The van der Waals surface area contributed by atoms with Crippen LogP contribution >= 0.6 is 23.6 Å². The molecule has 2 nitrogen and oxygen atoms in total. The number of nitrogens with one attached hydrogen (secondary N) is 2. The van der Waals surface area contributed by atoms with Crippen molar-refractivity contribution in [3.63, 3.8) is 0 Å². The van der Waals surface area contributed by atoms with E-state index in [0.717, 1.165) is 10.9 Å². The minimum absolute atomic E-state index is 0.0369. The third kappa shape index (κ3) is 2.00. The molecule has 108 valence electrons. The van der Waals surface area contributed by atoms with Crippen LogP contribution in [-0.4, -0.2) is 10.7 Å². The molecule has 0 bridgehead atoms. The summed E-state index contributed by atoms with van der Waals surface area (Å²) in [7, 11) is 0. The van der Waals surface area contributed by atoms with E-state index in [1.807, 2.05) is 11.3 Å². The first-order valence-corrected chi connectivity index (χ1v) is 9.15. The summed E-state index contributed by atoms with van der Waals surface area (Å²) in [5.41, 5.74) is 2.92. The van der Waals surface area contributed by atoms with E-state index < -0.39 is 0 Å². The van der Waals surface area contributed by atoms with Crippen LogP contribution in [0.1, 0.15) is 61.5 Å². The van der Waals surface area contributed by atoms with Crippen molar-refractivity contribution < 1.29 is 0 Å². The summed E-state index contributed by atoms with van der Waals surface area (Å²) in [4.78, 5) is 2.59. The van der Waals surface area contributed by atoms with Gasteiger partial charge in [-0.05, 0) is 56.4 Å². The highest BCUT2D eigenvalue weighted by Gasteiger charge is 2.41. The molecule has 1 fully saturated rings. The monoisotopic (exact) mass is 306 g/mol. The number of thiophene rings is 1. The second-order valence-electron chi connectivity index (χ2n) is 6.78. The van der Waals surface area contributed by atoms with Crippen LogP contribution < -0.4 is 10.6 Å². The van der Waals surface area contributed by atoms with Gasteiger partial charge in [-0.3, -0.25) is 0 Å². The molecule has 3 aliphatic rings. The highest BCUT2D eigenvalue weighted by molar-refractivity contribution is 7.80. The Morgan fingerprint density at radius 3 is 2.90 bits per heavy atom. The molecule has 20 heavy (non-hydrogen) atoms. The lowest BCUT2D eigenvalue weighted by molar-refractivity contribution is 0.241. The minimum Gasteiger partial charge on any atom is -0.354 e. The summed E-state index contributed by atoms with van der Waals surface area (Å²) in [6.07, 6.45) is 10.2. The highest BCUT2D eigenvalue weighted by Crippen LogP contribution is 2.44. The Morgan fingerprint density at radius 2 is 2.05 bits per heavy atom. The van der Waals surface area contributed by atoms with Gasteiger partial charge in [0.05, 0.1) is 0 Å². The quantitative estimate of drug-likeness (QED) is 0.702. The number of hydrogen-bond acceptors (Lipinski definition) is 3. The van der Waals surface area contributed by atoms with Crippen LogP contribution in [0.4, 0.5) is 5.00 Å². The van der Waals surface area contributed by atoms with E-state index in [2.05, 4.69) is 17.6 Å². The first-order valence-electron chi connectivity index (χ1n) is 7.92. The Morgan fingerprint density at radius 1 is 1.20 bits per heavy atom. The molecule has 0 amide bonds. The van der Waals surface area contributed by atoms with Gasteiger partial charge in [0.25, 0.3) is 0 Å².